The molecule has 0 unspecified atom stereocenters. The van der Waals surface area contributed by atoms with Crippen molar-refractivity contribution in [2.24, 2.45) is 0 Å². The van der Waals surface area contributed by atoms with Crippen molar-refractivity contribution in [3.8, 4) is 17.0 Å². The van der Waals surface area contributed by atoms with Gasteiger partial charge >= 0.3 is 6.09 Å². The lowest BCUT2D eigenvalue weighted by molar-refractivity contribution is 0.0712. The van der Waals surface area contributed by atoms with E-state index in [2.05, 4.69) is 15.3 Å². The van der Waals surface area contributed by atoms with Crippen LogP contribution in [0.1, 0.15) is 18.4 Å². The van der Waals surface area contributed by atoms with E-state index in [1.54, 1.807) is 6.07 Å². The van der Waals surface area contributed by atoms with Gasteiger partial charge in [0.2, 0.25) is 5.88 Å². The third kappa shape index (κ3) is 4.47. The Bertz CT molecular complexity index is 1430. The first-order valence-electron chi connectivity index (χ1n) is 13.1. The molecule has 2 saturated heterocycles. The van der Waals surface area contributed by atoms with Crippen LogP contribution in [0.5, 0.6) is 5.88 Å². The number of fused-ring (bicyclic) bond motifs is 2. The third-order valence-electron chi connectivity index (χ3n) is 7.97. The Morgan fingerprint density at radius 3 is 2.82 bits per heavy atom. The molecule has 2 fully saturated rings. The predicted octanol–water partition coefficient (Wildman–Crippen LogP) is 3.82. The zero-order chi connectivity index (χ0) is 27.3. The summed E-state index contributed by atoms with van der Waals surface area (Å²) in [6, 6.07) is 2.37. The molecule has 206 valence electrons. The molecule has 1 amide bonds. The number of hydrogen-bond donors (Lipinski definition) is 3. The number of alkyl halides is 1. The smallest absolute Gasteiger partial charge is 0.413 e. The van der Waals surface area contributed by atoms with Crippen molar-refractivity contribution in [1.29, 1.82) is 0 Å². The first-order valence-corrected chi connectivity index (χ1v) is 13.1. The van der Waals surface area contributed by atoms with Crippen LogP contribution in [0.4, 0.5) is 30.8 Å². The molecule has 12 heteroatoms. The number of anilines is 3. The van der Waals surface area contributed by atoms with E-state index < -0.39 is 24.1 Å². The van der Waals surface area contributed by atoms with Crippen molar-refractivity contribution < 1.29 is 28.2 Å². The van der Waals surface area contributed by atoms with Gasteiger partial charge < -0.3 is 25.6 Å². The molecular weight excluding hydrogens is 510 g/mol. The first kappa shape index (κ1) is 25.5. The van der Waals surface area contributed by atoms with Gasteiger partial charge in [0.1, 0.15) is 24.3 Å². The zero-order valence-electron chi connectivity index (χ0n) is 21.5. The highest BCUT2D eigenvalue weighted by atomic mass is 19.1. The molecule has 6 rings (SSSR count). The van der Waals surface area contributed by atoms with Crippen molar-refractivity contribution in [3.63, 3.8) is 0 Å². The average molecular weight is 541 g/mol. The summed E-state index contributed by atoms with van der Waals surface area (Å²) in [5, 5.41) is 14.2. The number of aromatic nitrogens is 2. The van der Waals surface area contributed by atoms with Crippen LogP contribution in [-0.4, -0.2) is 83.8 Å². The van der Waals surface area contributed by atoms with Crippen LogP contribution in [0.25, 0.3) is 21.9 Å². The van der Waals surface area contributed by atoms with Crippen LogP contribution in [0.15, 0.2) is 24.5 Å². The van der Waals surface area contributed by atoms with Crippen molar-refractivity contribution in [3.05, 3.63) is 35.9 Å². The number of piperidine rings is 1. The maximum absolute atomic E-state index is 15.5. The third-order valence-corrected chi connectivity index (χ3v) is 7.97. The monoisotopic (exact) mass is 540 g/mol. The highest BCUT2D eigenvalue weighted by Crippen LogP contribution is 2.40. The van der Waals surface area contributed by atoms with Gasteiger partial charge in [0, 0.05) is 61.2 Å². The maximum atomic E-state index is 15.5. The molecular formula is C27H30F2N6O4. The second-order valence-corrected chi connectivity index (χ2v) is 10.2. The SMILES string of the molecule is Cc1c(-c2cc3cc(N(C(=O)O)[C@@H]4CCN([C@@H]5CCOC5)C[C@@H]4F)ncc3c(N)c2F)cnc2c1NCCO2. The molecule has 2 aromatic heterocycles. The predicted molar refractivity (Wildman–Crippen MR) is 143 cm³/mol. The molecule has 3 aromatic rings. The zero-order valence-corrected chi connectivity index (χ0v) is 21.5. The summed E-state index contributed by atoms with van der Waals surface area (Å²) >= 11 is 0. The number of rotatable bonds is 4. The highest BCUT2D eigenvalue weighted by Gasteiger charge is 2.40. The number of nitrogens with zero attached hydrogens (tertiary/aromatic N) is 4. The van der Waals surface area contributed by atoms with Crippen LogP contribution in [-0.2, 0) is 4.74 Å². The molecule has 0 radical (unpaired) electrons. The number of halogens is 2. The van der Waals surface area contributed by atoms with Gasteiger partial charge in [-0.3, -0.25) is 9.80 Å². The Morgan fingerprint density at radius 1 is 1.23 bits per heavy atom. The lowest BCUT2D eigenvalue weighted by atomic mass is 9.96. The molecule has 3 atom stereocenters. The Hall–Kier alpha value is -3.77. The summed E-state index contributed by atoms with van der Waals surface area (Å²) in [6.07, 6.45) is 1.33. The minimum atomic E-state index is -1.40. The number of carboxylic acid groups (broad SMARTS) is 1. The van der Waals surface area contributed by atoms with E-state index in [4.69, 9.17) is 15.2 Å². The fourth-order valence-electron chi connectivity index (χ4n) is 5.86. The normalized spacial score (nSPS) is 23.2. The Balaban J connectivity index is 1.36. The lowest BCUT2D eigenvalue weighted by Crippen LogP contribution is -2.56. The second-order valence-electron chi connectivity index (χ2n) is 10.2. The summed E-state index contributed by atoms with van der Waals surface area (Å²) in [6.45, 7) is 4.83. The Labute approximate surface area is 223 Å². The van der Waals surface area contributed by atoms with E-state index in [-0.39, 0.29) is 29.7 Å². The molecule has 5 heterocycles. The summed E-state index contributed by atoms with van der Waals surface area (Å²) in [7, 11) is 0. The van der Waals surface area contributed by atoms with E-state index in [0.717, 1.165) is 16.9 Å². The lowest BCUT2D eigenvalue weighted by Gasteiger charge is -2.41. The van der Waals surface area contributed by atoms with Crippen LogP contribution in [0.3, 0.4) is 0 Å². The van der Waals surface area contributed by atoms with Gasteiger partial charge in [0.05, 0.1) is 18.3 Å². The molecule has 39 heavy (non-hydrogen) atoms. The van der Waals surface area contributed by atoms with Gasteiger partial charge in [-0.1, -0.05) is 0 Å². The van der Waals surface area contributed by atoms with Gasteiger partial charge in [0.25, 0.3) is 0 Å². The van der Waals surface area contributed by atoms with Crippen molar-refractivity contribution in [2.45, 2.75) is 38.0 Å². The number of pyridine rings is 2. The number of nitrogens with two attached hydrogens (primary N) is 1. The molecule has 4 N–H and O–H groups in total. The van der Waals surface area contributed by atoms with E-state index in [9.17, 15) is 9.90 Å². The number of nitrogen functional groups attached to an aromatic ring is 1. The van der Waals surface area contributed by atoms with Crippen molar-refractivity contribution in [2.75, 3.05) is 55.4 Å². The number of likely N-dealkylation sites (tertiary alicyclic amines) is 1. The van der Waals surface area contributed by atoms with Gasteiger partial charge in [-0.15, -0.1) is 0 Å². The molecule has 0 spiro atoms. The number of benzene rings is 1. The largest absolute Gasteiger partial charge is 0.474 e. The van der Waals surface area contributed by atoms with Crippen LogP contribution in [0.2, 0.25) is 0 Å². The number of ether oxygens (including phenoxy) is 2. The Morgan fingerprint density at radius 2 is 2.08 bits per heavy atom. The summed E-state index contributed by atoms with van der Waals surface area (Å²) in [4.78, 5) is 24.0. The van der Waals surface area contributed by atoms with E-state index in [1.165, 1.54) is 18.5 Å². The number of amides is 1. The second kappa shape index (κ2) is 10.1. The molecule has 1 aromatic carbocycles. The standard InChI is InChI=1S/C27H30F2N6O4/c1-14-18(10-33-26-25(14)31-4-7-39-26)17-8-15-9-22(32-11-19(15)24(30)23(17)29)35(27(36)37)21-2-5-34(12-20(21)28)16-3-6-38-13-16/h8-11,16,20-21,31H,2-7,12-13,30H2,1H3,(H,36,37)/t16-,20+,21-/m1/s1. The minimum absolute atomic E-state index is 0.0626. The maximum Gasteiger partial charge on any atom is 0.413 e. The topological polar surface area (TPSA) is 126 Å². The molecule has 3 aliphatic rings. The molecule has 0 saturated carbocycles. The number of carbonyl (C=O) groups is 1. The van der Waals surface area contributed by atoms with Crippen LogP contribution in [0, 0.1) is 12.7 Å². The summed E-state index contributed by atoms with van der Waals surface area (Å²) in [5.74, 6) is -0.110. The minimum Gasteiger partial charge on any atom is -0.474 e. The van der Waals surface area contributed by atoms with Crippen molar-refractivity contribution in [1.82, 2.24) is 14.9 Å². The van der Waals surface area contributed by atoms with Gasteiger partial charge in [-0.2, -0.15) is 0 Å². The van der Waals surface area contributed by atoms with Crippen LogP contribution < -0.4 is 20.7 Å². The molecule has 0 aliphatic carbocycles. The van der Waals surface area contributed by atoms with E-state index in [1.807, 2.05) is 11.8 Å². The van der Waals surface area contributed by atoms with Gasteiger partial charge in [-0.25, -0.2) is 23.5 Å². The summed E-state index contributed by atoms with van der Waals surface area (Å²) < 4.78 is 42.0. The summed E-state index contributed by atoms with van der Waals surface area (Å²) in [5.41, 5.74) is 8.26. The van der Waals surface area contributed by atoms with Crippen molar-refractivity contribution >= 4 is 34.1 Å². The van der Waals surface area contributed by atoms with Gasteiger partial charge in [-0.05, 0) is 42.8 Å². The highest BCUT2D eigenvalue weighted by molar-refractivity contribution is 5.99. The fraction of sp³-hybridized carbons (Fsp3) is 0.444. The molecule has 0 bridgehead atoms. The van der Waals surface area contributed by atoms with Gasteiger partial charge in [0.15, 0.2) is 5.82 Å². The van der Waals surface area contributed by atoms with E-state index >= 15 is 8.78 Å². The quantitative estimate of drug-likeness (QED) is 0.424. The molecule has 3 aliphatic heterocycles. The van der Waals surface area contributed by atoms with Crippen LogP contribution >= 0.6 is 0 Å². The number of hydrogen-bond acceptors (Lipinski definition) is 8. The van der Waals surface area contributed by atoms with E-state index in [0.29, 0.717) is 67.2 Å². The number of nitrogens with one attached hydrogen (secondary N) is 1. The molecule has 10 nitrogen and oxygen atoms in total. The fourth-order valence-corrected chi connectivity index (χ4v) is 5.86. The first-order chi connectivity index (χ1) is 18.8. The average Bonchev–Trinajstić information content (AvgIpc) is 3.47. The Kier molecular flexibility index (Phi) is 6.59.